The maximum Gasteiger partial charge on any atom is 0.416 e. The number of aromatic nitrogens is 2. The van der Waals surface area contributed by atoms with Gasteiger partial charge in [-0.25, -0.2) is 4.98 Å². The Morgan fingerprint density at radius 3 is 1.71 bits per heavy atom. The molecule has 0 amide bonds. The van der Waals surface area contributed by atoms with Gasteiger partial charge < -0.3 is 0 Å². The van der Waals surface area contributed by atoms with Crippen molar-refractivity contribution in [3.05, 3.63) is 71.9 Å². The summed E-state index contributed by atoms with van der Waals surface area (Å²) in [5.41, 5.74) is -2.29. The van der Waals surface area contributed by atoms with Crippen molar-refractivity contribution in [3.63, 3.8) is 0 Å². The van der Waals surface area contributed by atoms with Crippen molar-refractivity contribution in [2.24, 2.45) is 0 Å². The van der Waals surface area contributed by atoms with Crippen molar-refractivity contribution in [2.45, 2.75) is 12.4 Å². The average molecular weight is 392 g/mol. The topological polar surface area (TPSA) is 25.8 Å². The Kier molecular flexibility index (Phi) is 4.02. The minimum absolute atomic E-state index is 0.0700. The molecule has 4 rings (SSSR count). The van der Waals surface area contributed by atoms with Gasteiger partial charge in [0.2, 0.25) is 0 Å². The van der Waals surface area contributed by atoms with Gasteiger partial charge in [0.25, 0.3) is 0 Å². The molecule has 1 aromatic heterocycles. The summed E-state index contributed by atoms with van der Waals surface area (Å²) >= 11 is 0. The van der Waals surface area contributed by atoms with E-state index in [9.17, 15) is 26.3 Å². The average Bonchev–Trinajstić information content (AvgIpc) is 2.64. The van der Waals surface area contributed by atoms with Crippen LogP contribution in [-0.4, -0.2) is 9.97 Å². The van der Waals surface area contributed by atoms with Gasteiger partial charge >= 0.3 is 12.4 Å². The third kappa shape index (κ3) is 3.37. The molecule has 0 unspecified atom stereocenters. The summed E-state index contributed by atoms with van der Waals surface area (Å²) in [5, 5.41) is 1.73. The Bertz CT molecular complexity index is 1160. The zero-order valence-electron chi connectivity index (χ0n) is 13.9. The van der Waals surface area contributed by atoms with Gasteiger partial charge in [-0.15, -0.1) is 0 Å². The molecular weight excluding hydrogens is 382 g/mol. The highest BCUT2D eigenvalue weighted by Crippen LogP contribution is 2.38. The van der Waals surface area contributed by atoms with Crippen LogP contribution in [0.2, 0.25) is 0 Å². The number of fused-ring (bicyclic) bond motifs is 2. The number of nitrogens with zero attached hydrogens (tertiary/aromatic N) is 2. The van der Waals surface area contributed by atoms with Gasteiger partial charge in [-0.05, 0) is 41.1 Å². The van der Waals surface area contributed by atoms with Crippen LogP contribution in [0.3, 0.4) is 0 Å². The molecule has 1 heterocycles. The number of benzene rings is 3. The molecule has 2 nitrogen and oxygen atoms in total. The van der Waals surface area contributed by atoms with Crippen molar-refractivity contribution in [2.75, 3.05) is 0 Å². The van der Waals surface area contributed by atoms with E-state index < -0.39 is 23.5 Å². The number of hydrogen-bond donors (Lipinski definition) is 0. The van der Waals surface area contributed by atoms with Crippen molar-refractivity contribution in [1.29, 1.82) is 0 Å². The van der Waals surface area contributed by atoms with Gasteiger partial charge in [-0.1, -0.05) is 24.3 Å². The van der Waals surface area contributed by atoms with Gasteiger partial charge in [-0.3, -0.25) is 4.98 Å². The number of rotatable bonds is 1. The minimum Gasteiger partial charge on any atom is -0.252 e. The lowest BCUT2D eigenvalue weighted by atomic mass is 10.0. The maximum absolute atomic E-state index is 13.1. The maximum atomic E-state index is 13.1. The SMILES string of the molecule is FC(F)(F)c1cc(-c2cnc3cc4ccccc4cc3n2)cc(C(F)(F)F)c1. The Hall–Kier alpha value is -3.16. The molecule has 0 spiro atoms. The molecule has 0 atom stereocenters. The molecule has 0 N–H and O–H groups in total. The van der Waals surface area contributed by atoms with E-state index in [0.717, 1.165) is 10.8 Å². The van der Waals surface area contributed by atoms with Gasteiger partial charge in [0.15, 0.2) is 0 Å². The van der Waals surface area contributed by atoms with Gasteiger partial charge in [0, 0.05) is 5.56 Å². The van der Waals surface area contributed by atoms with E-state index in [4.69, 9.17) is 0 Å². The van der Waals surface area contributed by atoms with Crippen LogP contribution in [0.15, 0.2) is 60.8 Å². The highest BCUT2D eigenvalue weighted by Gasteiger charge is 2.37. The second kappa shape index (κ2) is 6.19. The smallest absolute Gasteiger partial charge is 0.252 e. The lowest BCUT2D eigenvalue weighted by Gasteiger charge is -2.14. The second-order valence-corrected chi connectivity index (χ2v) is 6.24. The Morgan fingerprint density at radius 1 is 0.643 bits per heavy atom. The quantitative estimate of drug-likeness (QED) is 0.273. The molecule has 8 heteroatoms. The lowest BCUT2D eigenvalue weighted by Crippen LogP contribution is -2.11. The van der Waals surface area contributed by atoms with Crippen LogP contribution in [0, 0.1) is 0 Å². The standard InChI is InChI=1S/C20H10F6N2/c21-19(22,23)14-5-13(6-15(9-14)20(24,25)26)18-10-27-16-7-11-3-1-2-4-12(11)8-17(16)28-18/h1-10H. The molecule has 0 radical (unpaired) electrons. The third-order valence-electron chi connectivity index (χ3n) is 4.29. The molecule has 0 aliphatic heterocycles. The molecular formula is C20H10F6N2. The number of alkyl halides is 6. The van der Waals surface area contributed by atoms with E-state index in [2.05, 4.69) is 9.97 Å². The molecule has 0 aliphatic carbocycles. The summed E-state index contributed by atoms with van der Waals surface area (Å²) in [7, 11) is 0. The Balaban J connectivity index is 1.92. The minimum atomic E-state index is -4.92. The van der Waals surface area contributed by atoms with Crippen LogP contribution in [0.1, 0.15) is 11.1 Å². The second-order valence-electron chi connectivity index (χ2n) is 6.24. The first-order chi connectivity index (χ1) is 13.1. The van der Waals surface area contributed by atoms with Gasteiger partial charge in [-0.2, -0.15) is 26.3 Å². The largest absolute Gasteiger partial charge is 0.416 e. The molecule has 142 valence electrons. The van der Waals surface area contributed by atoms with E-state index in [0.29, 0.717) is 23.2 Å². The summed E-state index contributed by atoms with van der Waals surface area (Å²) in [6, 6.07) is 12.2. The van der Waals surface area contributed by atoms with Crippen LogP contribution in [0.5, 0.6) is 0 Å². The molecule has 3 aromatic carbocycles. The van der Waals surface area contributed by atoms with Crippen LogP contribution in [-0.2, 0) is 12.4 Å². The van der Waals surface area contributed by atoms with Crippen LogP contribution in [0.4, 0.5) is 26.3 Å². The fourth-order valence-electron chi connectivity index (χ4n) is 2.94. The first-order valence-corrected chi connectivity index (χ1v) is 8.07. The highest BCUT2D eigenvalue weighted by molar-refractivity contribution is 5.95. The molecule has 4 aromatic rings. The van der Waals surface area contributed by atoms with E-state index in [1.165, 1.54) is 6.20 Å². The summed E-state index contributed by atoms with van der Waals surface area (Å²) < 4.78 is 78.5. The summed E-state index contributed by atoms with van der Waals surface area (Å²) in [6.07, 6.45) is -8.67. The Labute approximate surface area is 154 Å². The lowest BCUT2D eigenvalue weighted by molar-refractivity contribution is -0.143. The van der Waals surface area contributed by atoms with Crippen LogP contribution >= 0.6 is 0 Å². The highest BCUT2D eigenvalue weighted by atomic mass is 19.4. The summed E-state index contributed by atoms with van der Waals surface area (Å²) in [6.45, 7) is 0. The van der Waals surface area contributed by atoms with Gasteiger partial charge in [0.05, 0.1) is 34.1 Å². The summed E-state index contributed by atoms with van der Waals surface area (Å²) in [5.74, 6) is 0. The van der Waals surface area contributed by atoms with E-state index in [-0.39, 0.29) is 17.3 Å². The van der Waals surface area contributed by atoms with Crippen LogP contribution in [0.25, 0.3) is 33.1 Å². The Morgan fingerprint density at radius 2 is 1.18 bits per heavy atom. The monoisotopic (exact) mass is 392 g/mol. The van der Waals surface area contributed by atoms with E-state index in [1.807, 2.05) is 24.3 Å². The van der Waals surface area contributed by atoms with Crippen molar-refractivity contribution >= 4 is 21.8 Å². The molecule has 0 saturated carbocycles. The third-order valence-corrected chi connectivity index (χ3v) is 4.29. The number of halogens is 6. The zero-order valence-corrected chi connectivity index (χ0v) is 13.9. The molecule has 0 saturated heterocycles. The van der Waals surface area contributed by atoms with Crippen molar-refractivity contribution < 1.29 is 26.3 Å². The van der Waals surface area contributed by atoms with Crippen molar-refractivity contribution in [1.82, 2.24) is 9.97 Å². The van der Waals surface area contributed by atoms with Crippen molar-refractivity contribution in [3.8, 4) is 11.3 Å². The normalized spacial score (nSPS) is 12.6. The van der Waals surface area contributed by atoms with Crippen LogP contribution < -0.4 is 0 Å². The molecule has 0 aliphatic rings. The fourth-order valence-corrected chi connectivity index (χ4v) is 2.94. The predicted octanol–water partition coefficient (Wildman–Crippen LogP) is 6.49. The molecule has 0 bridgehead atoms. The number of hydrogen-bond acceptors (Lipinski definition) is 2. The first-order valence-electron chi connectivity index (χ1n) is 8.07. The predicted molar refractivity (Wildman–Crippen MR) is 92.5 cm³/mol. The zero-order chi connectivity index (χ0) is 20.1. The molecule has 28 heavy (non-hydrogen) atoms. The van der Waals surface area contributed by atoms with E-state index in [1.54, 1.807) is 12.1 Å². The fraction of sp³-hybridized carbons (Fsp3) is 0.100. The molecule has 0 fully saturated rings. The summed E-state index contributed by atoms with van der Waals surface area (Å²) in [4.78, 5) is 8.41. The van der Waals surface area contributed by atoms with E-state index >= 15 is 0 Å². The first kappa shape index (κ1) is 18.2. The van der Waals surface area contributed by atoms with Gasteiger partial charge in [0.1, 0.15) is 0 Å².